The molecule has 0 spiro atoms. The van der Waals surface area contributed by atoms with Gasteiger partial charge in [0.2, 0.25) is 23.3 Å². The Morgan fingerprint density at radius 3 is 1.81 bits per heavy atom. The van der Waals surface area contributed by atoms with Crippen molar-refractivity contribution in [3.63, 3.8) is 0 Å². The quantitative estimate of drug-likeness (QED) is 0.00865. The number of aliphatic imine (C=N–C) groups is 2. The number of carbonyl (C=O) groups excluding carboxylic acids is 2. The fraction of sp³-hybridized carbons (Fsp3) is 0.549. The van der Waals surface area contributed by atoms with Gasteiger partial charge in [0.25, 0.3) is 0 Å². The zero-order chi connectivity index (χ0) is 55.1. The Morgan fingerprint density at radius 1 is 0.740 bits per heavy atom. The largest absolute Gasteiger partial charge is 0.516 e. The zero-order valence-electron chi connectivity index (χ0n) is 43.2. The van der Waals surface area contributed by atoms with Crippen LogP contribution in [0.1, 0.15) is 36.6 Å². The average Bonchev–Trinajstić information content (AvgIpc) is 3.79. The molecule has 0 saturated carbocycles. The maximum atomic E-state index is 13.6. The predicted octanol–water partition coefficient (Wildman–Crippen LogP) is 5.98. The minimum Gasteiger partial charge on any atom is -0.407 e. The number of halogens is 4. The van der Waals surface area contributed by atoms with Crippen LogP contribution >= 0.6 is 11.3 Å². The topological polar surface area (TPSA) is 247 Å². The molecule has 426 valence electrons. The highest BCUT2D eigenvalue weighted by molar-refractivity contribution is 7.11. The van der Waals surface area contributed by atoms with Crippen LogP contribution in [0.5, 0.6) is 5.75 Å². The third-order valence-corrected chi connectivity index (χ3v) is 11.0. The molecule has 3 aromatic rings. The molecule has 0 aliphatic carbocycles. The van der Waals surface area contributed by atoms with Gasteiger partial charge in [-0.15, -0.1) is 11.3 Å². The molecule has 1 aliphatic heterocycles. The van der Waals surface area contributed by atoms with Crippen molar-refractivity contribution in [2.24, 2.45) is 15.7 Å². The standard InChI is InChI=1S/C51H69F4N7O14S/c1-2-10-62(49(63)39-33-44-43(7-31-77-44)61-45(57)34-39)11-4-8-58-50(60-40-6-3-5-38(32-40)36-56)59-9-12-65-13-14-66-15-16-67-17-18-68-19-20-69-21-22-70-23-24-71-25-26-72-27-28-73-29-30-74-37-75-51(64)76-48-46(54)41(52)35-42(53)47(48)55/h3,5-7,31-33,35H,2,4,8-30,34,37H2,1H3,(H2,57,61)(H2,58,59,60). The van der Waals surface area contributed by atoms with Crippen molar-refractivity contribution in [1.82, 2.24) is 10.2 Å². The molecule has 1 amide bonds. The molecule has 0 unspecified atom stereocenters. The molecular weight excluding hydrogens is 1040 g/mol. The first-order chi connectivity index (χ1) is 37.6. The lowest BCUT2D eigenvalue weighted by Gasteiger charge is -2.23. The number of hydrogen-bond acceptors (Lipinski definition) is 19. The van der Waals surface area contributed by atoms with E-state index in [2.05, 4.69) is 31.2 Å². The fourth-order valence-electron chi connectivity index (χ4n) is 6.56. The summed E-state index contributed by atoms with van der Waals surface area (Å²) in [5.41, 5.74) is 8.80. The Hall–Kier alpha value is -5.83. The van der Waals surface area contributed by atoms with E-state index in [1.54, 1.807) is 18.2 Å². The number of thiophene rings is 1. The van der Waals surface area contributed by atoms with Crippen LogP contribution in [0.3, 0.4) is 0 Å². The molecule has 1 aromatic heterocycles. The zero-order valence-corrected chi connectivity index (χ0v) is 44.0. The molecule has 26 heteroatoms. The maximum absolute atomic E-state index is 13.6. The van der Waals surface area contributed by atoms with Gasteiger partial charge in [-0.25, -0.2) is 18.6 Å². The highest BCUT2D eigenvalue weighted by Gasteiger charge is 2.24. The van der Waals surface area contributed by atoms with Gasteiger partial charge >= 0.3 is 6.16 Å². The van der Waals surface area contributed by atoms with E-state index < -0.39 is 42.0 Å². The number of nitrogens with two attached hydrogens (primary N) is 1. The number of nitrogens with zero attached hydrogens (tertiary/aromatic N) is 4. The van der Waals surface area contributed by atoms with Crippen LogP contribution in [-0.2, 0) is 56.9 Å². The number of guanidine groups is 1. The second-order valence-electron chi connectivity index (χ2n) is 16.1. The normalized spacial score (nSPS) is 12.3. The summed E-state index contributed by atoms with van der Waals surface area (Å²) in [7, 11) is 0. The summed E-state index contributed by atoms with van der Waals surface area (Å²) in [5.74, 6) is -7.91. The number of amidine groups is 1. The van der Waals surface area contributed by atoms with Crippen LogP contribution in [0.4, 0.5) is 33.7 Å². The summed E-state index contributed by atoms with van der Waals surface area (Å²) < 4.78 is 117. The number of benzene rings is 2. The van der Waals surface area contributed by atoms with Gasteiger partial charge < -0.3 is 78.1 Å². The van der Waals surface area contributed by atoms with Gasteiger partial charge in [-0.3, -0.25) is 9.79 Å². The van der Waals surface area contributed by atoms with E-state index in [1.165, 1.54) is 11.3 Å². The second kappa shape index (κ2) is 39.5. The predicted molar refractivity (Wildman–Crippen MR) is 276 cm³/mol. The van der Waals surface area contributed by atoms with Crippen LogP contribution in [0, 0.1) is 34.6 Å². The van der Waals surface area contributed by atoms with E-state index in [1.807, 2.05) is 35.4 Å². The Labute approximate surface area is 449 Å². The third kappa shape index (κ3) is 26.9. The lowest BCUT2D eigenvalue weighted by atomic mass is 10.1. The Kier molecular flexibility index (Phi) is 32.7. The molecule has 4 rings (SSSR count). The summed E-state index contributed by atoms with van der Waals surface area (Å²) >= 11 is 1.53. The first-order valence-electron chi connectivity index (χ1n) is 25.0. The number of nitriles is 1. The summed E-state index contributed by atoms with van der Waals surface area (Å²) in [6, 6.07) is 11.2. The van der Waals surface area contributed by atoms with Gasteiger partial charge in [-0.2, -0.15) is 14.0 Å². The minimum absolute atomic E-state index is 0.00866. The number of carbonyl (C=O) groups is 2. The van der Waals surface area contributed by atoms with Gasteiger partial charge in [0.05, 0.1) is 148 Å². The molecule has 0 fully saturated rings. The van der Waals surface area contributed by atoms with Crippen molar-refractivity contribution < 1.29 is 84.0 Å². The summed E-state index contributed by atoms with van der Waals surface area (Å²) in [6.07, 6.45) is 2.02. The van der Waals surface area contributed by atoms with Crippen LogP contribution in [0.2, 0.25) is 0 Å². The number of rotatable bonds is 41. The molecule has 77 heavy (non-hydrogen) atoms. The molecule has 0 radical (unpaired) electrons. The number of anilines is 1. The van der Waals surface area contributed by atoms with Gasteiger partial charge in [0, 0.05) is 49.9 Å². The molecule has 2 aromatic carbocycles. The van der Waals surface area contributed by atoms with Gasteiger partial charge in [-0.05, 0) is 48.6 Å². The van der Waals surface area contributed by atoms with Crippen molar-refractivity contribution in [2.75, 3.05) is 164 Å². The minimum atomic E-state index is -1.88. The molecular formula is C51H69F4N7O14S. The fourth-order valence-corrected chi connectivity index (χ4v) is 7.35. The summed E-state index contributed by atoms with van der Waals surface area (Å²) in [6.45, 7) is 10.0. The van der Waals surface area contributed by atoms with E-state index in [4.69, 9.17) is 58.1 Å². The highest BCUT2D eigenvalue weighted by atomic mass is 32.1. The van der Waals surface area contributed by atoms with Crippen LogP contribution in [-0.4, -0.2) is 187 Å². The van der Waals surface area contributed by atoms with Crippen molar-refractivity contribution in [2.45, 2.75) is 26.2 Å². The van der Waals surface area contributed by atoms with Crippen molar-refractivity contribution >= 4 is 52.6 Å². The van der Waals surface area contributed by atoms with Crippen LogP contribution in [0.25, 0.3) is 6.08 Å². The van der Waals surface area contributed by atoms with Gasteiger partial charge in [0.1, 0.15) is 5.84 Å². The molecule has 0 atom stereocenters. The first kappa shape index (κ1) is 63.7. The van der Waals surface area contributed by atoms with Crippen LogP contribution < -0.4 is 21.1 Å². The first-order valence-corrected chi connectivity index (χ1v) is 25.9. The molecule has 1 aliphatic rings. The molecule has 0 saturated heterocycles. The van der Waals surface area contributed by atoms with E-state index in [-0.39, 0.29) is 38.4 Å². The number of nitrogens with one attached hydrogen (secondary N) is 2. The molecule has 21 nitrogen and oxygen atoms in total. The number of ether oxygens (including phenoxy) is 12. The Morgan fingerprint density at radius 2 is 1.27 bits per heavy atom. The SMILES string of the molecule is CCCN(CCCN=C(NCCOCCOCCOCCOCCOCCOCCOCCOCCOCCOCOC(=O)Oc1c(F)c(F)cc(F)c1F)Nc1cccc(C#N)c1)C(=O)C1=Cc2sccc2N=C(N)C1. The third-order valence-electron chi connectivity index (χ3n) is 10.2. The monoisotopic (exact) mass is 1110 g/mol. The number of fused-ring (bicyclic) bond motifs is 1. The smallest absolute Gasteiger partial charge is 0.407 e. The Balaban J connectivity index is 0.892. The Bertz CT molecular complexity index is 2300. The maximum Gasteiger partial charge on any atom is 0.516 e. The van der Waals surface area contributed by atoms with E-state index >= 15 is 0 Å². The number of hydrogen-bond donors (Lipinski definition) is 3. The van der Waals surface area contributed by atoms with Crippen molar-refractivity contribution in [3.8, 4) is 11.8 Å². The lowest BCUT2D eigenvalue weighted by Crippen LogP contribution is -2.36. The van der Waals surface area contributed by atoms with Crippen molar-refractivity contribution in [3.05, 3.63) is 81.1 Å². The second-order valence-corrected chi connectivity index (χ2v) is 17.0. The van der Waals surface area contributed by atoms with E-state index in [9.17, 15) is 32.4 Å². The average molecular weight is 1110 g/mol. The summed E-state index contributed by atoms with van der Waals surface area (Å²) in [4.78, 5) is 37.1. The highest BCUT2D eigenvalue weighted by Crippen LogP contribution is 2.32. The lowest BCUT2D eigenvalue weighted by molar-refractivity contribution is -0.127. The summed E-state index contributed by atoms with van der Waals surface area (Å²) in [5, 5.41) is 17.9. The van der Waals surface area contributed by atoms with Crippen molar-refractivity contribution in [1.29, 1.82) is 5.26 Å². The van der Waals surface area contributed by atoms with E-state index in [0.717, 1.165) is 17.0 Å². The van der Waals surface area contributed by atoms with Crippen LogP contribution in [0.15, 0.2) is 57.3 Å². The van der Waals surface area contributed by atoms with Gasteiger partial charge in [0.15, 0.2) is 24.4 Å². The molecule has 4 N–H and O–H groups in total. The number of amides is 1. The molecule has 0 bridgehead atoms. The van der Waals surface area contributed by atoms with Gasteiger partial charge in [-0.1, -0.05) is 13.0 Å². The van der Waals surface area contributed by atoms with E-state index in [0.29, 0.717) is 167 Å². The molecule has 2 heterocycles.